The molecule has 0 atom stereocenters. The number of hydrogen-bond donors (Lipinski definition) is 0. The topological polar surface area (TPSA) is 36.7 Å². The molecule has 1 heterocycles. The van der Waals surface area contributed by atoms with E-state index in [2.05, 4.69) is 4.98 Å². The van der Waals surface area contributed by atoms with E-state index in [0.717, 1.165) is 0 Å². The van der Waals surface area contributed by atoms with Gasteiger partial charge in [0.2, 0.25) is 0 Å². The van der Waals surface area contributed by atoms with Crippen molar-refractivity contribution in [3.05, 3.63) is 23.9 Å². The maximum absolute atomic E-state index is 8.36. The molecule has 1 aromatic rings. The SMILES string of the molecule is N#Cc1cccnc1[S]. The molecule has 0 saturated carbocycles. The van der Waals surface area contributed by atoms with Gasteiger partial charge in [0.15, 0.2) is 0 Å². The maximum Gasteiger partial charge on any atom is 0.143 e. The van der Waals surface area contributed by atoms with Crippen molar-refractivity contribution in [2.24, 2.45) is 0 Å². The first-order chi connectivity index (χ1) is 4.34. The number of aromatic nitrogens is 1. The Kier molecular flexibility index (Phi) is 1.61. The van der Waals surface area contributed by atoms with E-state index in [4.69, 9.17) is 17.9 Å². The van der Waals surface area contributed by atoms with Gasteiger partial charge in [-0.15, -0.1) is 0 Å². The number of hydrogen-bond acceptors (Lipinski definition) is 2. The Balaban J connectivity index is 3.20. The van der Waals surface area contributed by atoms with Crippen LogP contribution in [-0.4, -0.2) is 4.98 Å². The molecule has 0 amide bonds. The molecule has 0 unspecified atom stereocenters. The van der Waals surface area contributed by atoms with Crippen LogP contribution in [0, 0.1) is 11.3 Å². The van der Waals surface area contributed by atoms with E-state index in [1.54, 1.807) is 18.3 Å². The van der Waals surface area contributed by atoms with Gasteiger partial charge in [-0.1, -0.05) is 12.6 Å². The van der Waals surface area contributed by atoms with Crippen molar-refractivity contribution in [3.8, 4) is 6.07 Å². The highest BCUT2D eigenvalue weighted by molar-refractivity contribution is 7.80. The average molecular weight is 135 g/mol. The quantitative estimate of drug-likeness (QED) is 0.540. The molecule has 1 rings (SSSR count). The second-order valence-corrected chi connectivity index (χ2v) is 1.85. The van der Waals surface area contributed by atoms with Crippen LogP contribution in [0.5, 0.6) is 0 Å². The minimum absolute atomic E-state index is 0.375. The van der Waals surface area contributed by atoms with Gasteiger partial charge in [0.1, 0.15) is 11.1 Å². The molecule has 1 aromatic heterocycles. The van der Waals surface area contributed by atoms with E-state index in [0.29, 0.717) is 10.6 Å². The van der Waals surface area contributed by atoms with Crippen molar-refractivity contribution >= 4 is 12.6 Å². The number of rotatable bonds is 0. The lowest BCUT2D eigenvalue weighted by atomic mass is 10.3. The largest absolute Gasteiger partial charge is 0.244 e. The summed E-state index contributed by atoms with van der Waals surface area (Å²) in [5.74, 6) is 0. The first-order valence-electron chi connectivity index (χ1n) is 2.36. The van der Waals surface area contributed by atoms with Crippen LogP contribution >= 0.6 is 12.6 Å². The van der Waals surface area contributed by atoms with Crippen LogP contribution in [0.3, 0.4) is 0 Å². The third-order valence-electron chi connectivity index (χ3n) is 0.892. The molecular weight excluding hydrogens is 132 g/mol. The molecule has 0 N–H and O–H groups in total. The lowest BCUT2D eigenvalue weighted by Gasteiger charge is -1.87. The Morgan fingerprint density at radius 2 is 2.44 bits per heavy atom. The average Bonchev–Trinajstić information content (AvgIpc) is 1.89. The van der Waals surface area contributed by atoms with E-state index in [1.165, 1.54) is 0 Å². The smallest absolute Gasteiger partial charge is 0.143 e. The van der Waals surface area contributed by atoms with Crippen molar-refractivity contribution < 1.29 is 0 Å². The Bertz CT molecular complexity index is 251. The van der Waals surface area contributed by atoms with Gasteiger partial charge in [-0.2, -0.15) is 5.26 Å². The molecule has 2 nitrogen and oxygen atoms in total. The molecule has 1 radical (unpaired) electrons. The van der Waals surface area contributed by atoms with Crippen molar-refractivity contribution in [2.75, 3.05) is 0 Å². The zero-order valence-electron chi connectivity index (χ0n) is 4.53. The summed E-state index contributed by atoms with van der Waals surface area (Å²) in [5, 5.41) is 8.74. The molecule has 0 aliphatic heterocycles. The summed E-state index contributed by atoms with van der Waals surface area (Å²) >= 11 is 4.72. The van der Waals surface area contributed by atoms with Gasteiger partial charge < -0.3 is 0 Å². The summed E-state index contributed by atoms with van der Waals surface area (Å²) in [7, 11) is 0. The Morgan fingerprint density at radius 1 is 1.67 bits per heavy atom. The van der Waals surface area contributed by atoms with Crippen LogP contribution in [0.4, 0.5) is 0 Å². The Labute approximate surface area is 58.6 Å². The molecule has 0 aliphatic rings. The van der Waals surface area contributed by atoms with E-state index < -0.39 is 0 Å². The monoisotopic (exact) mass is 135 g/mol. The fraction of sp³-hybridized carbons (Fsp3) is 0. The number of nitrogens with zero attached hydrogens (tertiary/aromatic N) is 2. The van der Waals surface area contributed by atoms with Gasteiger partial charge in [-0.05, 0) is 12.1 Å². The normalized spacial score (nSPS) is 8.33. The molecule has 0 saturated heterocycles. The lowest BCUT2D eigenvalue weighted by molar-refractivity contribution is 1.12. The second kappa shape index (κ2) is 2.42. The van der Waals surface area contributed by atoms with Gasteiger partial charge >= 0.3 is 0 Å². The third kappa shape index (κ3) is 1.15. The lowest BCUT2D eigenvalue weighted by Crippen LogP contribution is -1.79. The predicted octanol–water partition coefficient (Wildman–Crippen LogP) is 1.51. The minimum Gasteiger partial charge on any atom is -0.244 e. The first kappa shape index (κ1) is 5.99. The highest BCUT2D eigenvalue weighted by atomic mass is 32.1. The summed E-state index contributed by atoms with van der Waals surface area (Å²) in [6.45, 7) is 0. The van der Waals surface area contributed by atoms with Gasteiger partial charge in [0.05, 0.1) is 5.56 Å². The number of nitriles is 1. The number of pyridine rings is 1. The zero-order valence-corrected chi connectivity index (χ0v) is 5.35. The van der Waals surface area contributed by atoms with E-state index >= 15 is 0 Å². The predicted molar refractivity (Wildman–Crippen MR) is 34.8 cm³/mol. The molecule has 9 heavy (non-hydrogen) atoms. The molecule has 3 heteroatoms. The fourth-order valence-electron chi connectivity index (χ4n) is 0.476. The van der Waals surface area contributed by atoms with Crippen LogP contribution < -0.4 is 0 Å². The highest BCUT2D eigenvalue weighted by Gasteiger charge is 1.94. The van der Waals surface area contributed by atoms with E-state index in [1.807, 2.05) is 6.07 Å². The summed E-state index contributed by atoms with van der Waals surface area (Å²) in [4.78, 5) is 3.74. The van der Waals surface area contributed by atoms with Gasteiger partial charge in [-0.3, -0.25) is 0 Å². The van der Waals surface area contributed by atoms with Gasteiger partial charge in [0.25, 0.3) is 0 Å². The third-order valence-corrected chi connectivity index (χ3v) is 1.22. The van der Waals surface area contributed by atoms with Crippen molar-refractivity contribution in [1.82, 2.24) is 4.98 Å². The minimum atomic E-state index is 0.375. The van der Waals surface area contributed by atoms with Crippen molar-refractivity contribution in [3.63, 3.8) is 0 Å². The molecule has 43 valence electrons. The van der Waals surface area contributed by atoms with Crippen LogP contribution in [-0.2, 0) is 0 Å². The maximum atomic E-state index is 8.36. The van der Waals surface area contributed by atoms with Crippen molar-refractivity contribution in [1.29, 1.82) is 5.26 Å². The molecular formula is C6H3N2S. The van der Waals surface area contributed by atoms with Crippen LogP contribution in [0.1, 0.15) is 5.56 Å². The summed E-state index contributed by atoms with van der Waals surface area (Å²) in [6, 6.07) is 5.27. The Morgan fingerprint density at radius 3 is 2.89 bits per heavy atom. The van der Waals surface area contributed by atoms with Crippen LogP contribution in [0.2, 0.25) is 0 Å². The fourth-order valence-corrected chi connectivity index (χ4v) is 0.650. The van der Waals surface area contributed by atoms with Gasteiger partial charge in [0, 0.05) is 6.20 Å². The highest BCUT2D eigenvalue weighted by Crippen LogP contribution is 2.06. The molecule has 0 bridgehead atoms. The van der Waals surface area contributed by atoms with E-state index in [9.17, 15) is 0 Å². The summed E-state index contributed by atoms with van der Waals surface area (Å²) in [5.41, 5.74) is 0.465. The first-order valence-corrected chi connectivity index (χ1v) is 2.77. The summed E-state index contributed by atoms with van der Waals surface area (Å²) in [6.07, 6.45) is 1.57. The standard InChI is InChI=1S/C6H3N2S/c7-4-5-2-1-3-8-6(5)9/h1-3H. The second-order valence-electron chi connectivity index (χ2n) is 1.47. The van der Waals surface area contributed by atoms with Crippen molar-refractivity contribution in [2.45, 2.75) is 5.03 Å². The van der Waals surface area contributed by atoms with E-state index in [-0.39, 0.29) is 0 Å². The molecule has 0 fully saturated rings. The summed E-state index contributed by atoms with van der Waals surface area (Å²) < 4.78 is 0. The van der Waals surface area contributed by atoms with Crippen LogP contribution in [0.15, 0.2) is 23.4 Å². The zero-order chi connectivity index (χ0) is 6.69. The molecule has 0 aromatic carbocycles. The molecule has 0 aliphatic carbocycles. The Hall–Kier alpha value is -1.14. The molecule has 0 spiro atoms. The van der Waals surface area contributed by atoms with Crippen LogP contribution in [0.25, 0.3) is 0 Å². The van der Waals surface area contributed by atoms with Gasteiger partial charge in [-0.25, -0.2) is 4.98 Å².